The van der Waals surface area contributed by atoms with Gasteiger partial charge in [0.15, 0.2) is 0 Å². The molecule has 0 aromatic heterocycles. The highest BCUT2D eigenvalue weighted by Crippen LogP contribution is 2.51. The molecular formula is C39H64. The van der Waals surface area contributed by atoms with Crippen molar-refractivity contribution >= 4 is 0 Å². The first kappa shape index (κ1) is 33.6. The molecule has 2 aromatic rings. The molecule has 0 radical (unpaired) electrons. The molecule has 39 heavy (non-hydrogen) atoms. The molecule has 0 fully saturated rings. The topological polar surface area (TPSA) is 0 Å². The molecule has 0 heterocycles. The molecule has 0 saturated heterocycles. The molecule has 0 heteroatoms. The Morgan fingerprint density at radius 3 is 0.615 bits per heavy atom. The fourth-order valence-corrected chi connectivity index (χ4v) is 6.76. The molecule has 0 aliphatic rings. The highest BCUT2D eigenvalue weighted by molar-refractivity contribution is 5.60. The van der Waals surface area contributed by atoms with Gasteiger partial charge in [-0.1, -0.05) is 163 Å². The van der Waals surface area contributed by atoms with E-state index in [1.54, 1.807) is 0 Å². The Morgan fingerprint density at radius 1 is 0.256 bits per heavy atom. The monoisotopic (exact) mass is 533 g/mol. The molecule has 0 aliphatic carbocycles. The van der Waals surface area contributed by atoms with Crippen molar-refractivity contribution < 1.29 is 0 Å². The van der Waals surface area contributed by atoms with Gasteiger partial charge in [-0.05, 0) is 77.0 Å². The Balaban J connectivity index is 3.26. The van der Waals surface area contributed by atoms with Gasteiger partial charge in [0.2, 0.25) is 0 Å². The van der Waals surface area contributed by atoms with Gasteiger partial charge in [0.05, 0.1) is 0 Å². The van der Waals surface area contributed by atoms with E-state index in [1.165, 1.54) is 44.5 Å². The zero-order chi connectivity index (χ0) is 30.9. The van der Waals surface area contributed by atoms with Crippen LogP contribution in [0.3, 0.4) is 0 Å². The molecule has 0 atom stereocenters. The molecule has 220 valence electrons. The second-order valence-electron chi connectivity index (χ2n) is 18.9. The maximum Gasteiger partial charge on any atom is 0.0152 e. The number of hydrogen-bond acceptors (Lipinski definition) is 0. The Bertz CT molecular complexity index is 1090. The van der Waals surface area contributed by atoms with Gasteiger partial charge in [-0.2, -0.15) is 0 Å². The molecule has 0 amide bonds. The number of benzene rings is 2. The molecule has 0 N–H and O–H groups in total. The summed E-state index contributed by atoms with van der Waals surface area (Å²) in [7, 11) is 0. The molecule has 2 aromatic carbocycles. The zero-order valence-corrected chi connectivity index (χ0v) is 29.8. The van der Waals surface area contributed by atoms with E-state index < -0.39 is 0 Å². The van der Waals surface area contributed by atoms with E-state index in [9.17, 15) is 0 Å². The van der Waals surface area contributed by atoms with Gasteiger partial charge in [0.1, 0.15) is 0 Å². The van der Waals surface area contributed by atoms with Gasteiger partial charge >= 0.3 is 0 Å². The summed E-state index contributed by atoms with van der Waals surface area (Å²) in [6.45, 7) is 48.1. The summed E-state index contributed by atoms with van der Waals surface area (Å²) >= 11 is 0. The average Bonchev–Trinajstić information content (AvgIpc) is 2.67. The quantitative estimate of drug-likeness (QED) is 0.361. The van der Waals surface area contributed by atoms with Crippen LogP contribution in [0.2, 0.25) is 0 Å². The van der Waals surface area contributed by atoms with E-state index in [4.69, 9.17) is 0 Å². The summed E-state index contributed by atoms with van der Waals surface area (Å²) < 4.78 is 0. The van der Waals surface area contributed by atoms with Crippen LogP contribution in [0.15, 0.2) is 24.3 Å². The Hall–Kier alpha value is -1.56. The summed E-state index contributed by atoms with van der Waals surface area (Å²) in [6, 6.07) is 9.88. The molecule has 0 aliphatic heterocycles. The Labute approximate surface area is 244 Å². The molecule has 2 rings (SSSR count). The van der Waals surface area contributed by atoms with Gasteiger partial charge in [0.25, 0.3) is 0 Å². The lowest BCUT2D eigenvalue weighted by Gasteiger charge is -2.44. The van der Waals surface area contributed by atoms with Crippen molar-refractivity contribution in [2.75, 3.05) is 0 Å². The predicted molar refractivity (Wildman–Crippen MR) is 177 cm³/mol. The number of hydrogen-bond donors (Lipinski definition) is 0. The van der Waals surface area contributed by atoms with Crippen molar-refractivity contribution in [3.05, 3.63) is 68.8 Å². The Morgan fingerprint density at radius 2 is 0.436 bits per heavy atom. The fraction of sp³-hybridized carbons (Fsp3) is 0.692. The predicted octanol–water partition coefficient (Wildman–Crippen LogP) is 11.8. The third-order valence-corrected chi connectivity index (χ3v) is 8.37. The summed E-state index contributed by atoms with van der Waals surface area (Å²) in [5, 5.41) is 0. The maximum absolute atomic E-state index is 2.48. The van der Waals surface area contributed by atoms with E-state index in [0.717, 1.165) is 0 Å². The molecule has 0 saturated carbocycles. The lowest BCUT2D eigenvalue weighted by molar-refractivity contribution is 0.469. The number of rotatable bonds is 2. The van der Waals surface area contributed by atoms with Crippen LogP contribution in [0.25, 0.3) is 0 Å². The van der Waals surface area contributed by atoms with Crippen LogP contribution in [-0.2, 0) is 37.9 Å². The minimum absolute atomic E-state index is 0.0105. The summed E-state index contributed by atoms with van der Waals surface area (Å²) in [6.07, 6.45) is 0. The van der Waals surface area contributed by atoms with Gasteiger partial charge < -0.3 is 0 Å². The molecule has 0 bridgehead atoms. The Kier molecular flexibility index (Phi) is 8.43. The lowest BCUT2D eigenvalue weighted by Crippen LogP contribution is -2.36. The zero-order valence-electron chi connectivity index (χ0n) is 29.8. The first-order valence-electron chi connectivity index (χ1n) is 15.3. The van der Waals surface area contributed by atoms with Crippen LogP contribution in [0, 0.1) is 0 Å². The largest absolute Gasteiger partial charge is 0.0579 e. The SMILES string of the molecule is CC(C)(C)c1ccc(C(C)(C)c2ccc(C(C)(C)C)c(C(C)(C)C)c2C(C)(C)C)c(C(C)(C)C)c1C(C)(C)C. The molecule has 0 nitrogen and oxygen atoms in total. The van der Waals surface area contributed by atoms with Gasteiger partial charge in [0, 0.05) is 5.41 Å². The highest BCUT2D eigenvalue weighted by Gasteiger charge is 2.41. The van der Waals surface area contributed by atoms with Crippen molar-refractivity contribution in [2.45, 2.75) is 176 Å². The molecule has 0 unspecified atom stereocenters. The van der Waals surface area contributed by atoms with E-state index in [0.29, 0.717) is 0 Å². The minimum Gasteiger partial charge on any atom is -0.0579 e. The average molecular weight is 533 g/mol. The van der Waals surface area contributed by atoms with Crippen LogP contribution in [0.5, 0.6) is 0 Å². The van der Waals surface area contributed by atoms with E-state index in [2.05, 4.69) is 163 Å². The van der Waals surface area contributed by atoms with E-state index >= 15 is 0 Å². The van der Waals surface area contributed by atoms with Gasteiger partial charge in [-0.3, -0.25) is 0 Å². The minimum atomic E-state index is -0.169. The highest BCUT2D eigenvalue weighted by atomic mass is 14.5. The second kappa shape index (κ2) is 9.77. The van der Waals surface area contributed by atoms with Crippen molar-refractivity contribution in [3.63, 3.8) is 0 Å². The third kappa shape index (κ3) is 6.68. The van der Waals surface area contributed by atoms with Crippen LogP contribution >= 0.6 is 0 Å². The summed E-state index contributed by atoms with van der Waals surface area (Å²) in [4.78, 5) is 0. The van der Waals surface area contributed by atoms with Crippen LogP contribution in [0.1, 0.15) is 183 Å². The van der Waals surface area contributed by atoms with Gasteiger partial charge in [-0.15, -0.1) is 0 Å². The van der Waals surface area contributed by atoms with Crippen LogP contribution < -0.4 is 0 Å². The van der Waals surface area contributed by atoms with Crippen molar-refractivity contribution in [3.8, 4) is 0 Å². The summed E-state index contributed by atoms with van der Waals surface area (Å²) in [5.41, 5.74) is 12.1. The smallest absolute Gasteiger partial charge is 0.0152 e. The van der Waals surface area contributed by atoms with Crippen molar-refractivity contribution in [1.29, 1.82) is 0 Å². The normalized spacial score (nSPS) is 14.7. The molecule has 0 spiro atoms. The third-order valence-electron chi connectivity index (χ3n) is 8.37. The summed E-state index contributed by atoms with van der Waals surface area (Å²) in [5.74, 6) is 0. The van der Waals surface area contributed by atoms with Crippen molar-refractivity contribution in [1.82, 2.24) is 0 Å². The standard InChI is InChI=1S/C39H64/c1-33(2,3)25-21-23-27(31(37(13,14)15)29(25)35(7,8)9)39(19,20)28-24-22-26(34(4,5)6)30(36(10,11)12)32(28)38(16,17)18/h21-24H,1-20H3. The fourth-order valence-electron chi connectivity index (χ4n) is 6.76. The van der Waals surface area contributed by atoms with Crippen LogP contribution in [0.4, 0.5) is 0 Å². The molecular weight excluding hydrogens is 468 g/mol. The van der Waals surface area contributed by atoms with E-state index in [1.807, 2.05) is 0 Å². The van der Waals surface area contributed by atoms with Gasteiger partial charge in [-0.25, -0.2) is 0 Å². The maximum atomic E-state index is 2.48. The van der Waals surface area contributed by atoms with Crippen LogP contribution in [-0.4, -0.2) is 0 Å². The van der Waals surface area contributed by atoms with Crippen molar-refractivity contribution in [2.24, 2.45) is 0 Å². The first-order valence-corrected chi connectivity index (χ1v) is 15.3. The lowest BCUT2D eigenvalue weighted by atomic mass is 9.60. The van der Waals surface area contributed by atoms with E-state index in [-0.39, 0.29) is 37.9 Å². The first-order chi connectivity index (χ1) is 16.9. The second-order valence-corrected chi connectivity index (χ2v) is 18.9.